The predicted molar refractivity (Wildman–Crippen MR) is 146 cm³/mol. The minimum absolute atomic E-state index is 0.0816. The van der Waals surface area contributed by atoms with Crippen molar-refractivity contribution in [3.63, 3.8) is 0 Å². The standard InChI is InChI=1S/C22H25N5O3.2C2H2O4/c1-25(2)20-14-18(16-6-3-4-7-17(16)23-20)24-21(28)15-26-9-11-27(12-10-26)22(29)19-8-5-13-30-19;2*3-1(4)2(5)6/h3-8,13-14H,9-12,15H2,1-2H3,(H,23,24,28);2*(H,3,4)(H,5,6). The molecule has 4 rings (SSSR count). The number of carbonyl (C=O) groups is 6. The van der Waals surface area contributed by atoms with Gasteiger partial charge in [-0.3, -0.25) is 14.5 Å². The first-order valence-corrected chi connectivity index (χ1v) is 12.1. The number of fused-ring (bicyclic) bond motifs is 1. The summed E-state index contributed by atoms with van der Waals surface area (Å²) in [6, 6.07) is 13.0. The van der Waals surface area contributed by atoms with Crippen molar-refractivity contribution in [3.8, 4) is 0 Å². The maximum Gasteiger partial charge on any atom is 0.414 e. The fourth-order valence-corrected chi connectivity index (χ4v) is 3.55. The molecule has 0 unspecified atom stereocenters. The molecule has 1 aliphatic rings. The minimum atomic E-state index is -1.82. The molecule has 2 aromatic heterocycles. The Morgan fingerprint density at radius 2 is 1.43 bits per heavy atom. The Morgan fingerprint density at radius 3 is 1.93 bits per heavy atom. The van der Waals surface area contributed by atoms with Gasteiger partial charge < -0.3 is 40.0 Å². The van der Waals surface area contributed by atoms with E-state index in [4.69, 9.17) is 44.0 Å². The molecule has 0 aliphatic carbocycles. The Hall–Kier alpha value is -5.51. The van der Waals surface area contributed by atoms with Crippen molar-refractivity contribution in [1.82, 2.24) is 14.8 Å². The third kappa shape index (κ3) is 9.91. The number of amides is 2. The Labute approximate surface area is 238 Å². The van der Waals surface area contributed by atoms with Crippen molar-refractivity contribution in [2.45, 2.75) is 0 Å². The van der Waals surface area contributed by atoms with Crippen LogP contribution in [-0.4, -0.2) is 118 Å². The van der Waals surface area contributed by atoms with E-state index in [1.807, 2.05) is 49.3 Å². The molecular weight excluding hydrogens is 558 g/mol. The Kier molecular flexibility index (Phi) is 11.9. The highest BCUT2D eigenvalue weighted by molar-refractivity contribution is 6.27. The molecule has 0 atom stereocenters. The van der Waals surface area contributed by atoms with Gasteiger partial charge in [-0.2, -0.15) is 0 Å². The average Bonchev–Trinajstić information content (AvgIpc) is 3.49. The Morgan fingerprint density at radius 1 is 0.857 bits per heavy atom. The summed E-state index contributed by atoms with van der Waals surface area (Å²) in [5.74, 6) is -6.35. The number of aliphatic carboxylic acids is 4. The van der Waals surface area contributed by atoms with Crippen LogP contribution in [0.5, 0.6) is 0 Å². The zero-order valence-corrected chi connectivity index (χ0v) is 22.6. The number of nitrogens with zero attached hydrogens (tertiary/aromatic N) is 4. The molecular formula is C26H29N5O11. The lowest BCUT2D eigenvalue weighted by molar-refractivity contribution is -0.159. The van der Waals surface area contributed by atoms with Crippen molar-refractivity contribution < 1.29 is 53.6 Å². The van der Waals surface area contributed by atoms with Crippen LogP contribution in [-0.2, 0) is 24.0 Å². The third-order valence-electron chi connectivity index (χ3n) is 5.56. The summed E-state index contributed by atoms with van der Waals surface area (Å²) in [7, 11) is 3.85. The molecule has 1 aliphatic heterocycles. The summed E-state index contributed by atoms with van der Waals surface area (Å²) >= 11 is 0. The van der Waals surface area contributed by atoms with Crippen LogP contribution in [0.25, 0.3) is 10.9 Å². The Bertz CT molecular complexity index is 1380. The lowest BCUT2D eigenvalue weighted by Gasteiger charge is -2.33. The number of piperazine rings is 1. The molecule has 0 spiro atoms. The van der Waals surface area contributed by atoms with Gasteiger partial charge in [0.2, 0.25) is 5.91 Å². The first-order valence-electron chi connectivity index (χ1n) is 12.1. The molecule has 224 valence electrons. The SMILES string of the molecule is CN(C)c1cc(NC(=O)CN2CCN(C(=O)c3ccco3)CC2)c2ccccc2n1.O=C(O)C(=O)O.O=C(O)C(=O)O. The van der Waals surface area contributed by atoms with E-state index in [2.05, 4.69) is 15.2 Å². The second-order valence-corrected chi connectivity index (χ2v) is 8.75. The van der Waals surface area contributed by atoms with Gasteiger partial charge in [-0.05, 0) is 18.2 Å². The molecule has 1 saturated heterocycles. The van der Waals surface area contributed by atoms with Gasteiger partial charge in [0.25, 0.3) is 5.91 Å². The van der Waals surface area contributed by atoms with Crippen LogP contribution < -0.4 is 10.2 Å². The monoisotopic (exact) mass is 587 g/mol. The fraction of sp³-hybridized carbons (Fsp3) is 0.269. The topological polar surface area (TPSA) is 231 Å². The van der Waals surface area contributed by atoms with E-state index >= 15 is 0 Å². The number of benzene rings is 1. The number of hydrogen-bond donors (Lipinski definition) is 5. The number of rotatable bonds is 5. The van der Waals surface area contributed by atoms with Gasteiger partial charge in [-0.1, -0.05) is 18.2 Å². The number of carbonyl (C=O) groups excluding carboxylic acids is 2. The molecule has 3 aromatic rings. The number of aromatic nitrogens is 1. The van der Waals surface area contributed by atoms with Crippen molar-refractivity contribution in [1.29, 1.82) is 0 Å². The maximum absolute atomic E-state index is 12.7. The molecule has 3 heterocycles. The van der Waals surface area contributed by atoms with E-state index in [9.17, 15) is 9.59 Å². The number of carboxylic acids is 4. The third-order valence-corrected chi connectivity index (χ3v) is 5.56. The van der Waals surface area contributed by atoms with Gasteiger partial charge in [-0.15, -0.1) is 0 Å². The van der Waals surface area contributed by atoms with Crippen LogP contribution in [0.3, 0.4) is 0 Å². The zero-order chi connectivity index (χ0) is 31.4. The molecule has 0 saturated carbocycles. The molecule has 16 nitrogen and oxygen atoms in total. The highest BCUT2D eigenvalue weighted by atomic mass is 16.4. The Balaban J connectivity index is 0.000000434. The normalized spacial score (nSPS) is 12.6. The number of para-hydroxylation sites is 1. The number of furan rings is 1. The maximum atomic E-state index is 12.7. The highest BCUT2D eigenvalue weighted by Gasteiger charge is 2.25. The summed E-state index contributed by atoms with van der Waals surface area (Å²) in [6.45, 7) is 2.68. The second kappa shape index (κ2) is 15.3. The van der Waals surface area contributed by atoms with Gasteiger partial charge in [-0.25, -0.2) is 24.2 Å². The average molecular weight is 588 g/mol. The summed E-state index contributed by atoms with van der Waals surface area (Å²) in [5.41, 5.74) is 1.59. The summed E-state index contributed by atoms with van der Waals surface area (Å²) < 4.78 is 5.19. The van der Waals surface area contributed by atoms with E-state index in [1.54, 1.807) is 17.0 Å². The van der Waals surface area contributed by atoms with E-state index in [0.29, 0.717) is 31.9 Å². The molecule has 42 heavy (non-hydrogen) atoms. The number of carboxylic acid groups (broad SMARTS) is 4. The lowest BCUT2D eigenvalue weighted by atomic mass is 10.1. The van der Waals surface area contributed by atoms with Gasteiger partial charge in [0.15, 0.2) is 5.76 Å². The first kappa shape index (κ1) is 32.7. The minimum Gasteiger partial charge on any atom is -0.473 e. The smallest absolute Gasteiger partial charge is 0.414 e. The van der Waals surface area contributed by atoms with Crippen LogP contribution in [0.15, 0.2) is 53.1 Å². The number of pyridine rings is 1. The number of nitrogens with one attached hydrogen (secondary N) is 1. The summed E-state index contributed by atoms with van der Waals surface area (Å²) in [6.07, 6.45) is 1.50. The van der Waals surface area contributed by atoms with Gasteiger partial charge in [0, 0.05) is 51.7 Å². The second-order valence-electron chi connectivity index (χ2n) is 8.75. The van der Waals surface area contributed by atoms with Crippen LogP contribution >= 0.6 is 0 Å². The van der Waals surface area contributed by atoms with Gasteiger partial charge in [0.1, 0.15) is 5.82 Å². The molecule has 2 amide bonds. The van der Waals surface area contributed by atoms with Gasteiger partial charge in [0.05, 0.1) is 24.0 Å². The summed E-state index contributed by atoms with van der Waals surface area (Å²) in [5, 5.41) is 33.5. The van der Waals surface area contributed by atoms with Crippen molar-refractivity contribution in [2.75, 3.05) is 57.0 Å². The molecule has 1 aromatic carbocycles. The number of hydrogen-bond acceptors (Lipinski definition) is 10. The van der Waals surface area contributed by atoms with Crippen molar-refractivity contribution in [3.05, 3.63) is 54.5 Å². The zero-order valence-electron chi connectivity index (χ0n) is 22.6. The molecule has 1 fully saturated rings. The van der Waals surface area contributed by atoms with Crippen LogP contribution in [0.2, 0.25) is 0 Å². The van der Waals surface area contributed by atoms with Crippen LogP contribution in [0, 0.1) is 0 Å². The van der Waals surface area contributed by atoms with E-state index in [0.717, 1.165) is 22.4 Å². The predicted octanol–water partition coefficient (Wildman–Crippen LogP) is 0.602. The first-order chi connectivity index (χ1) is 19.8. The van der Waals surface area contributed by atoms with E-state index in [1.165, 1.54) is 6.26 Å². The largest absolute Gasteiger partial charge is 0.473 e. The lowest BCUT2D eigenvalue weighted by Crippen LogP contribution is -2.50. The number of anilines is 2. The molecule has 16 heteroatoms. The summed E-state index contributed by atoms with van der Waals surface area (Å²) in [4.78, 5) is 71.8. The molecule has 0 radical (unpaired) electrons. The van der Waals surface area contributed by atoms with Crippen molar-refractivity contribution >= 4 is 58.1 Å². The molecule has 5 N–H and O–H groups in total. The van der Waals surface area contributed by atoms with Crippen LogP contribution in [0.4, 0.5) is 11.5 Å². The van der Waals surface area contributed by atoms with Crippen molar-refractivity contribution in [2.24, 2.45) is 0 Å². The quantitative estimate of drug-likeness (QED) is 0.257. The van der Waals surface area contributed by atoms with Gasteiger partial charge >= 0.3 is 23.9 Å². The van der Waals surface area contributed by atoms with Crippen LogP contribution in [0.1, 0.15) is 10.6 Å². The van der Waals surface area contributed by atoms with E-state index < -0.39 is 23.9 Å². The highest BCUT2D eigenvalue weighted by Crippen LogP contribution is 2.26. The molecule has 0 bridgehead atoms. The van der Waals surface area contributed by atoms with E-state index in [-0.39, 0.29) is 18.4 Å². The fourth-order valence-electron chi connectivity index (χ4n) is 3.55.